The Morgan fingerprint density at radius 2 is 1.85 bits per heavy atom. The molecule has 0 saturated heterocycles. The first-order chi connectivity index (χ1) is 20.0. The summed E-state index contributed by atoms with van der Waals surface area (Å²) >= 11 is 0. The molecule has 2 fully saturated rings. The lowest BCUT2D eigenvalue weighted by Crippen LogP contribution is -2.25. The highest BCUT2D eigenvalue weighted by Gasteiger charge is 2.46. The van der Waals surface area contributed by atoms with Crippen molar-refractivity contribution in [2.75, 3.05) is 13.2 Å². The molecule has 0 spiro atoms. The third-order valence-corrected chi connectivity index (χ3v) is 8.39. The highest BCUT2D eigenvalue weighted by atomic mass is 16.5. The lowest BCUT2D eigenvalue weighted by molar-refractivity contribution is 0.0432. The second-order valence-corrected chi connectivity index (χ2v) is 11.3. The fourth-order valence-electron chi connectivity index (χ4n) is 6.13. The minimum absolute atomic E-state index is 0.0486. The zero-order chi connectivity index (χ0) is 28.3. The highest BCUT2D eigenvalue weighted by molar-refractivity contribution is 5.91. The number of hydrogen-bond donors (Lipinski definition) is 1. The summed E-state index contributed by atoms with van der Waals surface area (Å²) < 4.78 is 15.2. The zero-order valence-corrected chi connectivity index (χ0v) is 23.6. The molecule has 0 unspecified atom stereocenters. The van der Waals surface area contributed by atoms with Gasteiger partial charge in [-0.05, 0) is 67.5 Å². The number of aromatic nitrogens is 5. The van der Waals surface area contributed by atoms with Gasteiger partial charge in [0.15, 0.2) is 0 Å². The predicted molar refractivity (Wildman–Crippen MR) is 154 cm³/mol. The quantitative estimate of drug-likeness (QED) is 0.260. The van der Waals surface area contributed by atoms with Crippen molar-refractivity contribution in [3.8, 4) is 22.6 Å². The Bertz CT molecular complexity index is 1510. The molecule has 3 atom stereocenters. The summed E-state index contributed by atoms with van der Waals surface area (Å²) in [6.45, 7) is 1.90. The van der Waals surface area contributed by atoms with Crippen molar-refractivity contribution in [2.24, 2.45) is 13.0 Å². The Morgan fingerprint density at radius 3 is 2.61 bits per heavy atom. The number of benzene rings is 2. The lowest BCUT2D eigenvalue weighted by Gasteiger charge is -2.28. The van der Waals surface area contributed by atoms with Crippen LogP contribution in [-0.4, -0.2) is 55.2 Å². The molecule has 2 aliphatic rings. The number of rotatable bonds is 10. The molecule has 0 bridgehead atoms. The van der Waals surface area contributed by atoms with Crippen LogP contribution in [0.25, 0.3) is 16.8 Å². The minimum atomic E-state index is -0.488. The number of carbonyl (C=O) groups is 1. The van der Waals surface area contributed by atoms with Gasteiger partial charge in [-0.2, -0.15) is 5.10 Å². The van der Waals surface area contributed by atoms with Gasteiger partial charge in [-0.25, -0.2) is 9.48 Å². The number of nitrogens with zero attached hydrogens (tertiary/aromatic N) is 5. The van der Waals surface area contributed by atoms with Crippen LogP contribution in [0.15, 0.2) is 60.9 Å². The average Bonchev–Trinajstić information content (AvgIpc) is 3.45. The van der Waals surface area contributed by atoms with Crippen molar-refractivity contribution in [3.63, 3.8) is 0 Å². The molecule has 0 aliphatic heterocycles. The van der Waals surface area contributed by atoms with E-state index in [2.05, 4.69) is 46.6 Å². The van der Waals surface area contributed by atoms with E-state index in [4.69, 9.17) is 9.47 Å². The van der Waals surface area contributed by atoms with E-state index < -0.39 is 5.97 Å². The third kappa shape index (κ3) is 5.91. The van der Waals surface area contributed by atoms with Crippen LogP contribution in [-0.2, 0) is 11.8 Å². The lowest BCUT2D eigenvalue weighted by atomic mass is 9.86. The molecule has 2 aromatic carbocycles. The van der Waals surface area contributed by atoms with Crippen molar-refractivity contribution in [2.45, 2.75) is 63.4 Å². The Kier molecular flexibility index (Phi) is 7.87. The van der Waals surface area contributed by atoms with Crippen LogP contribution in [0, 0.1) is 5.92 Å². The summed E-state index contributed by atoms with van der Waals surface area (Å²) in [5.41, 5.74) is 5.04. The van der Waals surface area contributed by atoms with Gasteiger partial charge in [0.1, 0.15) is 17.9 Å². The van der Waals surface area contributed by atoms with E-state index >= 15 is 0 Å². The molecule has 2 aromatic heterocycles. The zero-order valence-electron chi connectivity index (χ0n) is 23.6. The summed E-state index contributed by atoms with van der Waals surface area (Å²) in [4.78, 5) is 12.9. The normalized spacial score (nSPS) is 19.6. The van der Waals surface area contributed by atoms with Gasteiger partial charge in [0, 0.05) is 25.1 Å². The molecule has 9 heteroatoms. The average molecular weight is 556 g/mol. The van der Waals surface area contributed by atoms with Gasteiger partial charge in [-0.1, -0.05) is 48.7 Å². The number of hydrogen-bond acceptors (Lipinski definition) is 7. The summed E-state index contributed by atoms with van der Waals surface area (Å²) in [7, 11) is 1.85. The topological polar surface area (TPSA) is 104 Å². The van der Waals surface area contributed by atoms with E-state index in [1.54, 1.807) is 10.9 Å². The van der Waals surface area contributed by atoms with Crippen LogP contribution in [0.3, 0.4) is 0 Å². The summed E-state index contributed by atoms with van der Waals surface area (Å²) in [6, 6.07) is 16.4. The van der Waals surface area contributed by atoms with Crippen molar-refractivity contribution < 1.29 is 19.4 Å². The fraction of sp³-hybridized carbons (Fsp3) is 0.438. The molecule has 6 rings (SSSR count). The van der Waals surface area contributed by atoms with Crippen LogP contribution >= 0.6 is 0 Å². The van der Waals surface area contributed by atoms with E-state index in [0.717, 1.165) is 40.4 Å². The van der Waals surface area contributed by atoms with Crippen LogP contribution in [0.5, 0.6) is 5.75 Å². The molecule has 214 valence electrons. The van der Waals surface area contributed by atoms with Gasteiger partial charge in [0.05, 0.1) is 36.0 Å². The third-order valence-electron chi connectivity index (χ3n) is 8.39. The Hall–Kier alpha value is -3.98. The first-order valence-electron chi connectivity index (χ1n) is 14.6. The molecule has 41 heavy (non-hydrogen) atoms. The monoisotopic (exact) mass is 555 g/mol. The van der Waals surface area contributed by atoms with Crippen LogP contribution in [0.2, 0.25) is 0 Å². The molecule has 0 radical (unpaired) electrons. The van der Waals surface area contributed by atoms with Gasteiger partial charge < -0.3 is 14.6 Å². The highest BCUT2D eigenvalue weighted by Crippen LogP contribution is 2.55. The van der Waals surface area contributed by atoms with Crippen molar-refractivity contribution in [3.05, 3.63) is 77.9 Å². The van der Waals surface area contributed by atoms with E-state index in [9.17, 15) is 9.90 Å². The fourth-order valence-corrected chi connectivity index (χ4v) is 6.13. The second-order valence-electron chi connectivity index (χ2n) is 11.3. The second kappa shape index (κ2) is 11.9. The molecule has 0 amide bonds. The first kappa shape index (κ1) is 27.2. The molecule has 2 saturated carbocycles. The Balaban J connectivity index is 1.29. The summed E-state index contributed by atoms with van der Waals surface area (Å²) in [5, 5.41) is 22.2. The first-order valence-corrected chi connectivity index (χ1v) is 14.6. The summed E-state index contributed by atoms with van der Waals surface area (Å²) in [6.07, 6.45) is 10.9. The number of aliphatic hydroxyl groups is 1. The van der Waals surface area contributed by atoms with Gasteiger partial charge >= 0.3 is 5.97 Å². The van der Waals surface area contributed by atoms with E-state index in [1.165, 1.54) is 32.1 Å². The largest absolute Gasteiger partial charge is 0.490 e. The maximum Gasteiger partial charge on any atom is 0.341 e. The standard InChI is InChI=1S/C32H37N5O4/c1-21(22-8-4-3-5-9-22)41-26-13-7-11-24(17-26)23-10-6-12-25(16-23)37-31(29(19-33-37)32(39)40-15-14-38)28-18-27(28)30-20-36(2)35-34-30/h6-7,10-13,16-17,19-22,27-28,38H,3-5,8-9,14-15,18H2,1-2H3/t21-,27+,28+/m0/s1. The number of carbonyl (C=O) groups excluding carboxylic acids is 1. The maximum absolute atomic E-state index is 12.9. The van der Waals surface area contributed by atoms with Gasteiger partial charge in [-0.15, -0.1) is 5.10 Å². The number of ether oxygens (including phenoxy) is 2. The van der Waals surface area contributed by atoms with Crippen LogP contribution in [0.4, 0.5) is 0 Å². The number of aliphatic hydroxyl groups excluding tert-OH is 1. The van der Waals surface area contributed by atoms with E-state index in [-0.39, 0.29) is 31.2 Å². The number of aryl methyl sites for hydroxylation is 1. The summed E-state index contributed by atoms with van der Waals surface area (Å²) in [5.74, 6) is 1.20. The molecular weight excluding hydrogens is 518 g/mol. The number of esters is 1. The SMILES string of the molecule is C[C@H](Oc1cccc(-c2cccc(-n3ncc(C(=O)OCCO)c3[C@@H]3C[C@H]3c3cn(C)nn3)c2)c1)C1CCCCC1. The molecule has 2 aliphatic carbocycles. The van der Waals surface area contributed by atoms with Gasteiger partial charge in [0.2, 0.25) is 0 Å². The van der Waals surface area contributed by atoms with E-state index in [1.807, 2.05) is 42.2 Å². The van der Waals surface area contributed by atoms with Crippen LogP contribution < -0.4 is 4.74 Å². The molecule has 4 aromatic rings. The molecule has 9 nitrogen and oxygen atoms in total. The van der Waals surface area contributed by atoms with Crippen molar-refractivity contribution >= 4 is 5.97 Å². The molecule has 2 heterocycles. The van der Waals surface area contributed by atoms with Crippen LogP contribution in [0.1, 0.15) is 79.0 Å². The predicted octanol–water partition coefficient (Wildman–Crippen LogP) is 5.44. The van der Waals surface area contributed by atoms with Crippen molar-refractivity contribution in [1.82, 2.24) is 24.8 Å². The minimum Gasteiger partial charge on any atom is -0.490 e. The van der Waals surface area contributed by atoms with E-state index in [0.29, 0.717) is 11.5 Å². The van der Waals surface area contributed by atoms with Gasteiger partial charge in [0.25, 0.3) is 0 Å². The smallest absolute Gasteiger partial charge is 0.341 e. The molecular formula is C32H37N5O4. The van der Waals surface area contributed by atoms with Gasteiger partial charge in [-0.3, -0.25) is 4.68 Å². The van der Waals surface area contributed by atoms with Crippen molar-refractivity contribution in [1.29, 1.82) is 0 Å². The Morgan fingerprint density at radius 1 is 1.07 bits per heavy atom. The maximum atomic E-state index is 12.9. The molecule has 1 N–H and O–H groups in total. The Labute approximate surface area is 240 Å².